The molecule has 0 radical (unpaired) electrons. The van der Waals surface area contributed by atoms with Crippen LogP contribution in [0.4, 0.5) is 11.4 Å². The minimum Gasteiger partial charge on any atom is -0.478 e. The Labute approximate surface area is 112 Å². The van der Waals surface area contributed by atoms with Gasteiger partial charge in [0.15, 0.2) is 0 Å². The number of aromatic carboxylic acids is 1. The molecule has 0 spiro atoms. The first-order valence-corrected chi connectivity index (χ1v) is 6.65. The number of carboxylic acid groups (broad SMARTS) is 1. The summed E-state index contributed by atoms with van der Waals surface area (Å²) in [4.78, 5) is 10.9. The lowest BCUT2D eigenvalue weighted by Crippen LogP contribution is -2.16. The molecule has 4 N–H and O–H groups in total. The fourth-order valence-corrected chi connectivity index (χ4v) is 2.37. The Balaban J connectivity index is 1.82. The molecule has 104 valence electrons. The molecule has 1 aliphatic rings. The van der Waals surface area contributed by atoms with Crippen LogP contribution in [0.15, 0.2) is 18.2 Å². The summed E-state index contributed by atoms with van der Waals surface area (Å²) in [5.41, 5.74) is 6.85. The van der Waals surface area contributed by atoms with E-state index in [2.05, 4.69) is 5.32 Å². The third kappa shape index (κ3) is 3.61. The van der Waals surface area contributed by atoms with Gasteiger partial charge in [-0.25, -0.2) is 4.79 Å². The average molecular weight is 264 g/mol. The minimum absolute atomic E-state index is 0.127. The van der Waals surface area contributed by atoms with E-state index in [1.807, 2.05) is 0 Å². The van der Waals surface area contributed by atoms with E-state index >= 15 is 0 Å². The number of nitrogens with two attached hydrogens (primary N) is 1. The summed E-state index contributed by atoms with van der Waals surface area (Å²) in [6, 6.07) is 4.95. The number of hydrogen-bond donors (Lipinski definition) is 3. The molecule has 1 aromatic carbocycles. The second-order valence-corrected chi connectivity index (χ2v) is 4.78. The first kappa shape index (κ1) is 13.7. The van der Waals surface area contributed by atoms with Gasteiger partial charge in [-0.1, -0.05) is 18.9 Å². The van der Waals surface area contributed by atoms with Crippen LogP contribution in [0.25, 0.3) is 0 Å². The van der Waals surface area contributed by atoms with Crippen molar-refractivity contribution < 1.29 is 14.6 Å². The van der Waals surface area contributed by atoms with E-state index < -0.39 is 5.97 Å². The molecular formula is C14H20N2O3. The summed E-state index contributed by atoms with van der Waals surface area (Å²) in [7, 11) is 0. The standard InChI is InChI=1S/C14H20N2O3/c15-13-11(14(17)18)6-3-7-12(13)16-8-9-19-10-4-1-2-5-10/h3,6-7,10,16H,1-2,4-5,8-9,15H2,(H,17,18). The topological polar surface area (TPSA) is 84.6 Å². The van der Waals surface area contributed by atoms with E-state index in [0.717, 1.165) is 12.8 Å². The Hall–Kier alpha value is -1.75. The van der Waals surface area contributed by atoms with Gasteiger partial charge in [0.1, 0.15) is 0 Å². The van der Waals surface area contributed by atoms with Gasteiger partial charge in [-0.3, -0.25) is 0 Å². The Morgan fingerprint density at radius 2 is 2.16 bits per heavy atom. The van der Waals surface area contributed by atoms with Crippen LogP contribution in [-0.4, -0.2) is 30.3 Å². The van der Waals surface area contributed by atoms with Crippen molar-refractivity contribution in [3.8, 4) is 0 Å². The number of carbonyl (C=O) groups is 1. The van der Waals surface area contributed by atoms with Gasteiger partial charge in [-0.05, 0) is 25.0 Å². The minimum atomic E-state index is -1.01. The van der Waals surface area contributed by atoms with Crippen molar-refractivity contribution in [2.75, 3.05) is 24.2 Å². The van der Waals surface area contributed by atoms with Gasteiger partial charge in [0.25, 0.3) is 0 Å². The van der Waals surface area contributed by atoms with Crippen molar-refractivity contribution in [1.82, 2.24) is 0 Å². The first-order valence-electron chi connectivity index (χ1n) is 6.65. The second kappa shape index (κ2) is 6.43. The number of anilines is 2. The zero-order valence-electron chi connectivity index (χ0n) is 10.9. The molecule has 0 heterocycles. The van der Waals surface area contributed by atoms with Gasteiger partial charge in [0.2, 0.25) is 0 Å². The molecule has 2 rings (SSSR count). The molecule has 5 nitrogen and oxygen atoms in total. The summed E-state index contributed by atoms with van der Waals surface area (Å²) < 4.78 is 5.72. The SMILES string of the molecule is Nc1c(NCCOC2CCCC2)cccc1C(=O)O. The van der Waals surface area contributed by atoms with Crippen LogP contribution in [0.1, 0.15) is 36.0 Å². The zero-order valence-corrected chi connectivity index (χ0v) is 10.9. The molecule has 0 amide bonds. The number of nitrogens with one attached hydrogen (secondary N) is 1. The van der Waals surface area contributed by atoms with E-state index in [0.29, 0.717) is 24.9 Å². The number of para-hydroxylation sites is 1. The predicted octanol–water partition coefficient (Wildman–Crippen LogP) is 2.34. The monoisotopic (exact) mass is 264 g/mol. The van der Waals surface area contributed by atoms with Gasteiger partial charge >= 0.3 is 5.97 Å². The number of ether oxygens (including phenoxy) is 1. The van der Waals surface area contributed by atoms with E-state index in [1.165, 1.54) is 18.9 Å². The Bertz CT molecular complexity index is 442. The molecule has 0 unspecified atom stereocenters. The van der Waals surface area contributed by atoms with Crippen molar-refractivity contribution in [2.24, 2.45) is 0 Å². The van der Waals surface area contributed by atoms with Crippen molar-refractivity contribution in [1.29, 1.82) is 0 Å². The van der Waals surface area contributed by atoms with Gasteiger partial charge in [0.05, 0.1) is 29.6 Å². The molecule has 0 saturated heterocycles. The number of nitrogen functional groups attached to an aromatic ring is 1. The molecule has 1 aromatic rings. The molecule has 19 heavy (non-hydrogen) atoms. The fraction of sp³-hybridized carbons (Fsp3) is 0.500. The number of rotatable bonds is 6. The molecule has 0 bridgehead atoms. The second-order valence-electron chi connectivity index (χ2n) is 4.78. The summed E-state index contributed by atoms with van der Waals surface area (Å²) in [5, 5.41) is 12.1. The molecular weight excluding hydrogens is 244 g/mol. The first-order chi connectivity index (χ1) is 9.18. The Morgan fingerprint density at radius 3 is 2.84 bits per heavy atom. The molecule has 0 aliphatic heterocycles. The number of benzene rings is 1. The lowest BCUT2D eigenvalue weighted by atomic mass is 10.1. The highest BCUT2D eigenvalue weighted by molar-refractivity contribution is 5.97. The summed E-state index contributed by atoms with van der Waals surface area (Å²) >= 11 is 0. The van der Waals surface area contributed by atoms with Crippen LogP contribution in [-0.2, 0) is 4.74 Å². The highest BCUT2D eigenvalue weighted by Crippen LogP contribution is 2.23. The van der Waals surface area contributed by atoms with E-state index in [9.17, 15) is 4.79 Å². The van der Waals surface area contributed by atoms with Crippen LogP contribution in [0.2, 0.25) is 0 Å². The van der Waals surface area contributed by atoms with E-state index in [4.69, 9.17) is 15.6 Å². The van der Waals surface area contributed by atoms with Crippen LogP contribution >= 0.6 is 0 Å². The highest BCUT2D eigenvalue weighted by atomic mass is 16.5. The third-order valence-corrected chi connectivity index (χ3v) is 3.41. The molecule has 0 aromatic heterocycles. The summed E-state index contributed by atoms with van der Waals surface area (Å²) in [6.07, 6.45) is 5.20. The highest BCUT2D eigenvalue weighted by Gasteiger charge is 2.15. The maximum absolute atomic E-state index is 10.9. The molecule has 1 aliphatic carbocycles. The van der Waals surface area contributed by atoms with Crippen molar-refractivity contribution in [3.63, 3.8) is 0 Å². The maximum Gasteiger partial charge on any atom is 0.337 e. The van der Waals surface area contributed by atoms with E-state index in [1.54, 1.807) is 12.1 Å². The summed E-state index contributed by atoms with van der Waals surface area (Å²) in [6.45, 7) is 1.24. The quantitative estimate of drug-likeness (QED) is 0.542. The molecule has 1 saturated carbocycles. The van der Waals surface area contributed by atoms with Crippen LogP contribution in [0.5, 0.6) is 0 Å². The number of hydrogen-bond acceptors (Lipinski definition) is 4. The molecule has 1 fully saturated rings. The largest absolute Gasteiger partial charge is 0.478 e. The average Bonchev–Trinajstić information content (AvgIpc) is 2.89. The summed E-state index contributed by atoms with van der Waals surface area (Å²) in [5.74, 6) is -1.01. The fourth-order valence-electron chi connectivity index (χ4n) is 2.37. The lowest BCUT2D eigenvalue weighted by Gasteiger charge is -2.14. The van der Waals surface area contributed by atoms with Gasteiger partial charge in [-0.2, -0.15) is 0 Å². The predicted molar refractivity (Wildman–Crippen MR) is 74.5 cm³/mol. The van der Waals surface area contributed by atoms with Crippen molar-refractivity contribution in [3.05, 3.63) is 23.8 Å². The normalized spacial score (nSPS) is 15.6. The van der Waals surface area contributed by atoms with Crippen LogP contribution in [0.3, 0.4) is 0 Å². The molecule has 5 heteroatoms. The van der Waals surface area contributed by atoms with Gasteiger partial charge in [-0.15, -0.1) is 0 Å². The Kier molecular flexibility index (Phi) is 4.63. The maximum atomic E-state index is 10.9. The third-order valence-electron chi connectivity index (χ3n) is 3.41. The van der Waals surface area contributed by atoms with E-state index in [-0.39, 0.29) is 11.3 Å². The zero-order chi connectivity index (χ0) is 13.7. The molecule has 0 atom stereocenters. The van der Waals surface area contributed by atoms with Crippen molar-refractivity contribution in [2.45, 2.75) is 31.8 Å². The van der Waals surface area contributed by atoms with Gasteiger partial charge < -0.3 is 20.9 Å². The van der Waals surface area contributed by atoms with Crippen LogP contribution < -0.4 is 11.1 Å². The number of carboxylic acids is 1. The van der Waals surface area contributed by atoms with Crippen LogP contribution in [0, 0.1) is 0 Å². The Morgan fingerprint density at radius 1 is 1.42 bits per heavy atom. The van der Waals surface area contributed by atoms with Gasteiger partial charge in [0, 0.05) is 6.54 Å². The lowest BCUT2D eigenvalue weighted by molar-refractivity contribution is 0.0659. The smallest absolute Gasteiger partial charge is 0.337 e. The van der Waals surface area contributed by atoms with Crippen molar-refractivity contribution >= 4 is 17.3 Å².